The van der Waals surface area contributed by atoms with Gasteiger partial charge in [-0.3, -0.25) is 28.5 Å². The maximum absolute atomic E-state index is 13.5. The van der Waals surface area contributed by atoms with E-state index in [2.05, 4.69) is 14.8 Å². The molecule has 4 N–H and O–H groups in total. The van der Waals surface area contributed by atoms with Crippen LogP contribution >= 0.6 is 7.75 Å². The van der Waals surface area contributed by atoms with Crippen molar-refractivity contribution in [3.63, 3.8) is 0 Å². The van der Waals surface area contributed by atoms with Gasteiger partial charge in [-0.15, -0.1) is 0 Å². The van der Waals surface area contributed by atoms with E-state index in [0.29, 0.717) is 5.56 Å². The number of nitrogens with one attached hydrogen (secondary N) is 2. The fourth-order valence-corrected chi connectivity index (χ4v) is 4.62. The minimum Gasteiger partial charge on any atom is -0.468 e. The summed E-state index contributed by atoms with van der Waals surface area (Å²) in [5.74, 6) is -1.57. The van der Waals surface area contributed by atoms with Gasteiger partial charge in [-0.1, -0.05) is 24.3 Å². The maximum atomic E-state index is 13.5. The van der Waals surface area contributed by atoms with Crippen molar-refractivity contribution >= 4 is 19.6 Å². The van der Waals surface area contributed by atoms with Gasteiger partial charge in [0.1, 0.15) is 17.9 Å². The molecular weight excluding hydrogens is 483 g/mol. The third-order valence-corrected chi connectivity index (χ3v) is 6.38. The number of hydrogen-bond donors (Lipinski definition) is 3. The summed E-state index contributed by atoms with van der Waals surface area (Å²) in [5, 5.41) is 2.41. The van der Waals surface area contributed by atoms with Gasteiger partial charge in [0.15, 0.2) is 6.23 Å². The zero-order chi connectivity index (χ0) is 25.6. The Morgan fingerprint density at radius 1 is 1.26 bits per heavy atom. The van der Waals surface area contributed by atoms with Crippen LogP contribution in [0.2, 0.25) is 0 Å². The van der Waals surface area contributed by atoms with E-state index in [1.54, 1.807) is 37.3 Å². The number of amides is 1. The average Bonchev–Trinajstić information content (AvgIpc) is 3.28. The monoisotopic (exact) mass is 508 g/mol. The van der Waals surface area contributed by atoms with Crippen LogP contribution in [0, 0.1) is 6.92 Å². The third-order valence-electron chi connectivity index (χ3n) is 4.81. The Labute approximate surface area is 199 Å². The number of H-pyrrole nitrogens is 1. The Hall–Kier alpha value is -3.51. The summed E-state index contributed by atoms with van der Waals surface area (Å²) in [6.07, 6.45) is 2.37. The lowest BCUT2D eigenvalue weighted by Gasteiger charge is -2.25. The van der Waals surface area contributed by atoms with Crippen LogP contribution in [0.15, 0.2) is 58.3 Å². The van der Waals surface area contributed by atoms with Gasteiger partial charge in [-0.2, -0.15) is 5.09 Å². The number of aryl methyl sites for hydroxylation is 1. The predicted octanol–water partition coefficient (Wildman–Crippen LogP) is 0.509. The lowest BCUT2D eigenvalue weighted by atomic mass is 10.2. The smallest absolute Gasteiger partial charge is 0.459 e. The van der Waals surface area contributed by atoms with Crippen molar-refractivity contribution in [2.75, 3.05) is 13.7 Å². The number of primary amides is 1. The molecule has 13 nitrogen and oxygen atoms in total. The van der Waals surface area contributed by atoms with E-state index in [9.17, 15) is 23.7 Å². The van der Waals surface area contributed by atoms with Gasteiger partial charge in [0.25, 0.3) is 5.56 Å². The van der Waals surface area contributed by atoms with Crippen LogP contribution in [0.4, 0.5) is 0 Å². The maximum Gasteiger partial charge on any atom is 0.459 e. The molecule has 0 saturated carbocycles. The zero-order valence-corrected chi connectivity index (χ0v) is 19.8. The molecule has 35 heavy (non-hydrogen) atoms. The number of aromatic amines is 1. The van der Waals surface area contributed by atoms with E-state index < -0.39 is 55.7 Å². The Kier molecular flexibility index (Phi) is 8.41. The lowest BCUT2D eigenvalue weighted by Crippen LogP contribution is -2.40. The van der Waals surface area contributed by atoms with Crippen LogP contribution in [0.3, 0.4) is 0 Å². The van der Waals surface area contributed by atoms with Crippen molar-refractivity contribution in [3.05, 3.63) is 75.1 Å². The molecule has 1 aliphatic rings. The normalized spacial score (nSPS) is 19.6. The highest BCUT2D eigenvalue weighted by molar-refractivity contribution is 7.52. The number of hydrogen-bond acceptors (Lipinski definition) is 9. The SMILES string of the molecule is COC(=O)[C@H](CC(N)=O)NP(=O)(OC[C@@H]1C=C[C@H](n2cc(C)c(=O)[nH]c2=O)O1)Oc1ccccc1. The molecule has 1 unspecified atom stereocenters. The number of benzene rings is 1. The topological polar surface area (TPSA) is 181 Å². The first-order valence-corrected chi connectivity index (χ1v) is 11.9. The molecule has 0 saturated heterocycles. The number of rotatable bonds is 11. The molecule has 1 amide bonds. The van der Waals surface area contributed by atoms with Gasteiger partial charge in [0.05, 0.1) is 20.1 Å². The largest absolute Gasteiger partial charge is 0.468 e. The molecule has 0 spiro atoms. The van der Waals surface area contributed by atoms with Crippen molar-refractivity contribution in [1.29, 1.82) is 0 Å². The van der Waals surface area contributed by atoms with Crippen LogP contribution in [0.1, 0.15) is 18.2 Å². The molecule has 4 atom stereocenters. The molecule has 1 aromatic heterocycles. The average molecular weight is 508 g/mol. The molecule has 0 fully saturated rings. The van der Waals surface area contributed by atoms with Crippen molar-refractivity contribution in [2.24, 2.45) is 5.73 Å². The van der Waals surface area contributed by atoms with E-state index >= 15 is 0 Å². The van der Waals surface area contributed by atoms with Crippen LogP contribution in [-0.2, 0) is 28.2 Å². The highest BCUT2D eigenvalue weighted by Gasteiger charge is 2.36. The van der Waals surface area contributed by atoms with Crippen LogP contribution in [0.25, 0.3) is 0 Å². The Bertz CT molecular complexity index is 1260. The molecule has 14 heteroatoms. The predicted molar refractivity (Wildman–Crippen MR) is 122 cm³/mol. The number of nitrogens with two attached hydrogens (primary N) is 1. The van der Waals surface area contributed by atoms with E-state index in [4.69, 9.17) is 19.5 Å². The number of esters is 1. The van der Waals surface area contributed by atoms with Crippen LogP contribution in [0.5, 0.6) is 5.75 Å². The number of ether oxygens (including phenoxy) is 2. The number of para-hydroxylation sites is 1. The minimum absolute atomic E-state index is 0.169. The van der Waals surface area contributed by atoms with E-state index in [0.717, 1.165) is 7.11 Å². The highest BCUT2D eigenvalue weighted by atomic mass is 31.2. The van der Waals surface area contributed by atoms with E-state index in [1.807, 2.05) is 0 Å². The molecule has 0 bridgehead atoms. The van der Waals surface area contributed by atoms with E-state index in [1.165, 1.54) is 22.9 Å². The molecule has 3 rings (SSSR count). The summed E-state index contributed by atoms with van der Waals surface area (Å²) < 4.78 is 36.2. The van der Waals surface area contributed by atoms with Gasteiger partial charge in [-0.25, -0.2) is 9.36 Å². The summed E-state index contributed by atoms with van der Waals surface area (Å²) in [6, 6.07) is 6.63. The first-order chi connectivity index (χ1) is 16.6. The van der Waals surface area contributed by atoms with Crippen molar-refractivity contribution in [2.45, 2.75) is 31.7 Å². The molecule has 1 aliphatic heterocycles. The Morgan fingerprint density at radius 2 is 1.97 bits per heavy atom. The van der Waals surface area contributed by atoms with Crippen molar-refractivity contribution < 1.29 is 32.7 Å². The highest BCUT2D eigenvalue weighted by Crippen LogP contribution is 2.45. The third kappa shape index (κ3) is 6.99. The molecule has 2 heterocycles. The van der Waals surface area contributed by atoms with Crippen molar-refractivity contribution in [1.82, 2.24) is 14.6 Å². The fraction of sp³-hybridized carbons (Fsp3) is 0.333. The summed E-state index contributed by atoms with van der Waals surface area (Å²) in [7, 11) is -3.18. The number of methoxy groups -OCH3 is 1. The van der Waals surface area contributed by atoms with E-state index in [-0.39, 0.29) is 12.4 Å². The van der Waals surface area contributed by atoms with Gasteiger partial charge in [0.2, 0.25) is 5.91 Å². The Morgan fingerprint density at radius 3 is 2.63 bits per heavy atom. The van der Waals surface area contributed by atoms with Gasteiger partial charge < -0.3 is 19.7 Å². The van der Waals surface area contributed by atoms with Crippen LogP contribution < -0.4 is 26.6 Å². The minimum atomic E-state index is -4.28. The second kappa shape index (κ2) is 11.3. The number of aromatic nitrogens is 2. The standard InChI is InChI=1S/C21H25N4O9P/c1-13-11-25(21(29)23-19(13)27)18-9-8-15(33-18)12-32-35(30,34-14-6-4-3-5-7-14)24-16(10-17(22)26)20(28)31-2/h3-9,11,15-16,18H,10,12H2,1-2H3,(H2,22,26)(H,24,30)(H,23,27,29)/t15-,16-,18+,35?/m0/s1. The second-order valence-corrected chi connectivity index (χ2v) is 9.20. The number of carbonyl (C=O) groups excluding carboxylic acids is 2. The Balaban J connectivity index is 1.75. The molecular formula is C21H25N4O9P. The van der Waals surface area contributed by atoms with Crippen molar-refractivity contribution in [3.8, 4) is 5.75 Å². The van der Waals surface area contributed by atoms with Gasteiger partial charge >= 0.3 is 19.4 Å². The zero-order valence-electron chi connectivity index (χ0n) is 18.9. The van der Waals surface area contributed by atoms with Gasteiger partial charge in [-0.05, 0) is 25.1 Å². The molecule has 188 valence electrons. The fourth-order valence-electron chi connectivity index (χ4n) is 3.11. The lowest BCUT2D eigenvalue weighted by molar-refractivity contribution is -0.144. The second-order valence-electron chi connectivity index (χ2n) is 7.50. The summed E-state index contributed by atoms with van der Waals surface area (Å²) in [4.78, 5) is 49.4. The molecule has 0 aliphatic carbocycles. The first-order valence-electron chi connectivity index (χ1n) is 10.4. The molecule has 1 aromatic carbocycles. The quantitative estimate of drug-likeness (QED) is 0.220. The summed E-state index contributed by atoms with van der Waals surface area (Å²) in [5.41, 5.74) is 4.34. The van der Waals surface area contributed by atoms with Gasteiger partial charge in [0, 0.05) is 11.8 Å². The molecule has 0 radical (unpaired) electrons. The molecule has 2 aromatic rings. The van der Waals surface area contributed by atoms with Crippen LogP contribution in [-0.4, -0.2) is 47.3 Å². The number of carbonyl (C=O) groups is 2. The number of nitrogens with zero attached hydrogens (tertiary/aromatic N) is 1. The summed E-state index contributed by atoms with van der Waals surface area (Å²) >= 11 is 0. The first kappa shape index (κ1) is 26.1. The summed E-state index contributed by atoms with van der Waals surface area (Å²) in [6.45, 7) is 1.23.